The lowest BCUT2D eigenvalue weighted by atomic mass is 9.99. The predicted octanol–water partition coefficient (Wildman–Crippen LogP) is -0.146. The van der Waals surface area contributed by atoms with Crippen LogP contribution in [-0.4, -0.2) is 48.2 Å². The van der Waals surface area contributed by atoms with Crippen LogP contribution in [0.15, 0.2) is 18.7 Å². The zero-order valence-electron chi connectivity index (χ0n) is 12.0. The largest absolute Gasteiger partial charge is 0.364 e. The van der Waals surface area contributed by atoms with E-state index in [4.69, 9.17) is 5.73 Å². The summed E-state index contributed by atoms with van der Waals surface area (Å²) in [5.41, 5.74) is 6.14. The third-order valence-corrected chi connectivity index (χ3v) is 3.80. The quantitative estimate of drug-likeness (QED) is 0.813. The van der Waals surface area contributed by atoms with Gasteiger partial charge in [0.25, 0.3) is 5.91 Å². The summed E-state index contributed by atoms with van der Waals surface area (Å²) in [7, 11) is 0. The van der Waals surface area contributed by atoms with Gasteiger partial charge in [0.2, 0.25) is 5.91 Å². The number of hydrogen-bond acceptors (Lipinski definition) is 5. The molecule has 0 bridgehead atoms. The number of H-pyrrole nitrogens is 1. The van der Waals surface area contributed by atoms with E-state index in [0.717, 1.165) is 25.0 Å². The van der Waals surface area contributed by atoms with Gasteiger partial charge in [-0.3, -0.25) is 14.7 Å². The number of aromatic amines is 1. The van der Waals surface area contributed by atoms with Gasteiger partial charge >= 0.3 is 0 Å². The number of rotatable bonds is 4. The lowest BCUT2D eigenvalue weighted by Gasteiger charge is -2.35. The van der Waals surface area contributed by atoms with E-state index in [9.17, 15) is 9.59 Å². The molecular weight excluding hydrogens is 286 g/mol. The van der Waals surface area contributed by atoms with Crippen LogP contribution in [0.2, 0.25) is 0 Å². The van der Waals surface area contributed by atoms with E-state index in [1.807, 2.05) is 0 Å². The first-order valence-electron chi connectivity index (χ1n) is 7.12. The van der Waals surface area contributed by atoms with Crippen molar-refractivity contribution in [2.24, 2.45) is 5.73 Å². The van der Waals surface area contributed by atoms with E-state index in [0.29, 0.717) is 6.54 Å². The number of primary amides is 1. The molecule has 9 nitrogen and oxygen atoms in total. The summed E-state index contributed by atoms with van der Waals surface area (Å²) < 4.78 is 1.50. The highest BCUT2D eigenvalue weighted by molar-refractivity contribution is 5.90. The fourth-order valence-corrected chi connectivity index (χ4v) is 2.73. The topological polar surface area (TPSA) is 123 Å². The van der Waals surface area contributed by atoms with E-state index in [-0.39, 0.29) is 24.2 Å². The van der Waals surface area contributed by atoms with Crippen molar-refractivity contribution in [1.82, 2.24) is 29.9 Å². The Morgan fingerprint density at radius 1 is 1.41 bits per heavy atom. The molecule has 9 heteroatoms. The van der Waals surface area contributed by atoms with Crippen LogP contribution in [0.3, 0.4) is 0 Å². The van der Waals surface area contributed by atoms with Crippen molar-refractivity contribution in [2.75, 3.05) is 6.54 Å². The average Bonchev–Trinajstić information content (AvgIpc) is 3.18. The number of aromatic nitrogens is 5. The van der Waals surface area contributed by atoms with Gasteiger partial charge in [-0.05, 0) is 25.3 Å². The third kappa shape index (κ3) is 2.83. The van der Waals surface area contributed by atoms with Crippen LogP contribution in [0.4, 0.5) is 0 Å². The van der Waals surface area contributed by atoms with Gasteiger partial charge in [-0.25, -0.2) is 9.67 Å². The number of carbonyl (C=O) groups is 2. The standard InChI is InChI=1S/C13H17N7O2/c14-13(22)10-5-9(17-18-10)11-3-1-2-4-20(11)12(21)6-19-8-15-7-16-19/h5,7-8,11H,1-4,6H2,(H2,14,22)(H,17,18). The molecule has 1 saturated heterocycles. The van der Waals surface area contributed by atoms with Gasteiger partial charge in [0.05, 0.1) is 11.7 Å². The van der Waals surface area contributed by atoms with Crippen LogP contribution in [0.25, 0.3) is 0 Å². The number of nitrogens with one attached hydrogen (secondary N) is 1. The highest BCUT2D eigenvalue weighted by Gasteiger charge is 2.29. The molecule has 2 amide bonds. The molecule has 0 aliphatic carbocycles. The highest BCUT2D eigenvalue weighted by Crippen LogP contribution is 2.30. The number of piperidine rings is 1. The lowest BCUT2D eigenvalue weighted by Crippen LogP contribution is -2.40. The number of hydrogen-bond donors (Lipinski definition) is 2. The molecule has 116 valence electrons. The minimum atomic E-state index is -0.584. The van der Waals surface area contributed by atoms with Crippen molar-refractivity contribution in [3.05, 3.63) is 30.1 Å². The van der Waals surface area contributed by atoms with E-state index in [1.54, 1.807) is 11.0 Å². The molecule has 1 aliphatic rings. The minimum absolute atomic E-state index is 0.0366. The molecule has 1 atom stereocenters. The van der Waals surface area contributed by atoms with Gasteiger partial charge in [-0.2, -0.15) is 10.2 Å². The Hall–Kier alpha value is -2.71. The Morgan fingerprint density at radius 2 is 2.27 bits per heavy atom. The van der Waals surface area contributed by atoms with Gasteiger partial charge in [-0.1, -0.05) is 0 Å². The molecule has 1 unspecified atom stereocenters. The third-order valence-electron chi connectivity index (χ3n) is 3.80. The monoisotopic (exact) mass is 303 g/mol. The summed E-state index contributed by atoms with van der Waals surface area (Å²) in [4.78, 5) is 29.3. The van der Waals surface area contributed by atoms with Crippen molar-refractivity contribution in [3.8, 4) is 0 Å². The highest BCUT2D eigenvalue weighted by atomic mass is 16.2. The fourth-order valence-electron chi connectivity index (χ4n) is 2.73. The van der Waals surface area contributed by atoms with Gasteiger partial charge in [0.15, 0.2) is 0 Å². The van der Waals surface area contributed by atoms with Crippen molar-refractivity contribution in [3.63, 3.8) is 0 Å². The predicted molar refractivity (Wildman–Crippen MR) is 75.4 cm³/mol. The zero-order chi connectivity index (χ0) is 15.5. The van der Waals surface area contributed by atoms with Crippen LogP contribution < -0.4 is 5.73 Å². The second kappa shape index (κ2) is 5.96. The van der Waals surface area contributed by atoms with Crippen molar-refractivity contribution in [1.29, 1.82) is 0 Å². The van der Waals surface area contributed by atoms with E-state index in [1.165, 1.54) is 17.3 Å². The fraction of sp³-hybridized carbons (Fsp3) is 0.462. The maximum Gasteiger partial charge on any atom is 0.269 e. The molecule has 1 fully saturated rings. The Labute approximate surface area is 126 Å². The SMILES string of the molecule is NC(=O)c1cc(C2CCCCN2C(=O)Cn2cncn2)[nH]n1. The first-order chi connectivity index (χ1) is 10.6. The first-order valence-corrected chi connectivity index (χ1v) is 7.12. The number of nitrogens with zero attached hydrogens (tertiary/aromatic N) is 5. The normalized spacial score (nSPS) is 18.4. The summed E-state index contributed by atoms with van der Waals surface area (Å²) in [5, 5.41) is 10.7. The molecule has 2 aromatic rings. The molecular formula is C13H17N7O2. The lowest BCUT2D eigenvalue weighted by molar-refractivity contribution is -0.136. The molecule has 0 radical (unpaired) electrons. The summed E-state index contributed by atoms with van der Waals surface area (Å²) in [6.07, 6.45) is 5.70. The summed E-state index contributed by atoms with van der Waals surface area (Å²) in [6, 6.07) is 1.50. The number of amides is 2. The minimum Gasteiger partial charge on any atom is -0.364 e. The van der Waals surface area contributed by atoms with Gasteiger partial charge < -0.3 is 10.6 Å². The Bertz CT molecular complexity index is 664. The van der Waals surface area contributed by atoms with Crippen LogP contribution in [0.1, 0.15) is 41.5 Å². The Kier molecular flexibility index (Phi) is 3.86. The maximum atomic E-state index is 12.5. The summed E-state index contributed by atoms with van der Waals surface area (Å²) in [5.74, 6) is -0.621. The van der Waals surface area contributed by atoms with E-state index in [2.05, 4.69) is 20.3 Å². The molecule has 3 heterocycles. The molecule has 22 heavy (non-hydrogen) atoms. The van der Waals surface area contributed by atoms with Crippen LogP contribution in [-0.2, 0) is 11.3 Å². The van der Waals surface area contributed by atoms with Gasteiger partial charge in [0, 0.05) is 6.54 Å². The van der Waals surface area contributed by atoms with E-state index < -0.39 is 5.91 Å². The molecule has 1 aliphatic heterocycles. The van der Waals surface area contributed by atoms with Crippen molar-refractivity contribution >= 4 is 11.8 Å². The van der Waals surface area contributed by atoms with Crippen LogP contribution in [0, 0.1) is 0 Å². The molecule has 3 rings (SSSR count). The maximum absolute atomic E-state index is 12.5. The first kappa shape index (κ1) is 14.2. The number of likely N-dealkylation sites (tertiary alicyclic amines) is 1. The molecule has 0 aromatic carbocycles. The Balaban J connectivity index is 1.78. The van der Waals surface area contributed by atoms with Gasteiger partial charge in [0.1, 0.15) is 24.9 Å². The molecule has 0 saturated carbocycles. The number of nitrogens with two attached hydrogens (primary N) is 1. The second-order valence-electron chi connectivity index (χ2n) is 5.26. The number of carbonyl (C=O) groups excluding carboxylic acids is 2. The Morgan fingerprint density at radius 3 is 2.95 bits per heavy atom. The van der Waals surface area contributed by atoms with Crippen molar-refractivity contribution < 1.29 is 9.59 Å². The second-order valence-corrected chi connectivity index (χ2v) is 5.26. The summed E-state index contributed by atoms with van der Waals surface area (Å²) >= 11 is 0. The molecule has 2 aromatic heterocycles. The van der Waals surface area contributed by atoms with Crippen LogP contribution >= 0.6 is 0 Å². The smallest absolute Gasteiger partial charge is 0.269 e. The van der Waals surface area contributed by atoms with E-state index >= 15 is 0 Å². The van der Waals surface area contributed by atoms with Crippen molar-refractivity contribution in [2.45, 2.75) is 31.8 Å². The molecule has 3 N–H and O–H groups in total. The van der Waals surface area contributed by atoms with Gasteiger partial charge in [-0.15, -0.1) is 0 Å². The zero-order valence-corrected chi connectivity index (χ0v) is 12.0. The summed E-state index contributed by atoms with van der Waals surface area (Å²) in [6.45, 7) is 0.816. The average molecular weight is 303 g/mol. The van der Waals surface area contributed by atoms with Crippen LogP contribution in [0.5, 0.6) is 0 Å². The molecule has 0 spiro atoms.